The SMILES string of the molecule is COc1cc(NC(=O)CSc2ccc(-c3cc(OC)ccc3OC)nn2)cc(OC)c1. The second kappa shape index (κ2) is 10.5. The summed E-state index contributed by atoms with van der Waals surface area (Å²) in [4.78, 5) is 12.3. The Morgan fingerprint density at radius 1 is 0.839 bits per heavy atom. The number of anilines is 1. The number of hydrogen-bond acceptors (Lipinski definition) is 8. The summed E-state index contributed by atoms with van der Waals surface area (Å²) < 4.78 is 21.1. The van der Waals surface area contributed by atoms with E-state index in [1.807, 2.05) is 30.3 Å². The van der Waals surface area contributed by atoms with Crippen molar-refractivity contribution in [3.8, 4) is 34.3 Å². The maximum absolute atomic E-state index is 12.3. The number of aromatic nitrogens is 2. The third-order valence-electron chi connectivity index (χ3n) is 4.31. The van der Waals surface area contributed by atoms with Gasteiger partial charge in [0.15, 0.2) is 0 Å². The van der Waals surface area contributed by atoms with Gasteiger partial charge in [-0.1, -0.05) is 11.8 Å². The molecule has 0 spiro atoms. The molecule has 0 saturated carbocycles. The third kappa shape index (κ3) is 5.79. The molecule has 1 N–H and O–H groups in total. The Morgan fingerprint density at radius 2 is 1.55 bits per heavy atom. The molecule has 1 heterocycles. The molecule has 1 aromatic heterocycles. The molecular formula is C22H23N3O5S. The van der Waals surface area contributed by atoms with Crippen LogP contribution in [0.4, 0.5) is 5.69 Å². The summed E-state index contributed by atoms with van der Waals surface area (Å²) in [6.45, 7) is 0. The van der Waals surface area contributed by atoms with Crippen molar-refractivity contribution >= 4 is 23.4 Å². The molecule has 0 unspecified atom stereocenters. The largest absolute Gasteiger partial charge is 0.497 e. The number of amides is 1. The van der Waals surface area contributed by atoms with Crippen molar-refractivity contribution in [2.45, 2.75) is 5.03 Å². The van der Waals surface area contributed by atoms with Gasteiger partial charge in [-0.3, -0.25) is 4.79 Å². The van der Waals surface area contributed by atoms with Crippen molar-refractivity contribution in [2.75, 3.05) is 39.5 Å². The Bertz CT molecular complexity index is 1020. The van der Waals surface area contributed by atoms with E-state index in [2.05, 4.69) is 15.5 Å². The van der Waals surface area contributed by atoms with E-state index in [4.69, 9.17) is 18.9 Å². The molecule has 8 nitrogen and oxygen atoms in total. The summed E-state index contributed by atoms with van der Waals surface area (Å²) in [6.07, 6.45) is 0. The number of hydrogen-bond donors (Lipinski definition) is 1. The first-order valence-electron chi connectivity index (χ1n) is 9.28. The van der Waals surface area contributed by atoms with Gasteiger partial charge in [-0.2, -0.15) is 0 Å². The van der Waals surface area contributed by atoms with Crippen molar-refractivity contribution in [2.24, 2.45) is 0 Å². The predicted octanol–water partition coefficient (Wildman–Crippen LogP) is 3.91. The Kier molecular flexibility index (Phi) is 7.55. The average Bonchev–Trinajstić information content (AvgIpc) is 2.82. The van der Waals surface area contributed by atoms with E-state index in [0.717, 1.165) is 5.56 Å². The Morgan fingerprint density at radius 3 is 2.13 bits per heavy atom. The van der Waals surface area contributed by atoms with Crippen LogP contribution in [-0.4, -0.2) is 50.3 Å². The van der Waals surface area contributed by atoms with Gasteiger partial charge in [0, 0.05) is 29.4 Å². The topological polar surface area (TPSA) is 91.8 Å². The van der Waals surface area contributed by atoms with Crippen LogP contribution in [0.15, 0.2) is 53.6 Å². The van der Waals surface area contributed by atoms with Crippen molar-refractivity contribution in [3.05, 3.63) is 48.5 Å². The van der Waals surface area contributed by atoms with Gasteiger partial charge >= 0.3 is 0 Å². The fraction of sp³-hybridized carbons (Fsp3) is 0.227. The number of nitrogens with zero attached hydrogens (tertiary/aromatic N) is 2. The van der Waals surface area contributed by atoms with Gasteiger partial charge in [-0.15, -0.1) is 10.2 Å². The molecule has 3 rings (SSSR count). The molecule has 2 aromatic carbocycles. The molecule has 0 bridgehead atoms. The van der Waals surface area contributed by atoms with Crippen LogP contribution < -0.4 is 24.3 Å². The molecule has 0 saturated heterocycles. The van der Waals surface area contributed by atoms with E-state index < -0.39 is 0 Å². The molecule has 0 aliphatic rings. The second-order valence-electron chi connectivity index (χ2n) is 6.26. The Labute approximate surface area is 184 Å². The minimum atomic E-state index is -0.180. The fourth-order valence-electron chi connectivity index (χ4n) is 2.77. The zero-order valence-electron chi connectivity index (χ0n) is 17.7. The van der Waals surface area contributed by atoms with Crippen LogP contribution in [0, 0.1) is 0 Å². The minimum absolute atomic E-state index is 0.177. The highest BCUT2D eigenvalue weighted by Crippen LogP contribution is 2.32. The lowest BCUT2D eigenvalue weighted by Crippen LogP contribution is -2.14. The summed E-state index contributed by atoms with van der Waals surface area (Å²) >= 11 is 1.29. The van der Waals surface area contributed by atoms with E-state index in [9.17, 15) is 4.79 Å². The van der Waals surface area contributed by atoms with Crippen molar-refractivity contribution in [1.82, 2.24) is 10.2 Å². The molecule has 9 heteroatoms. The Balaban J connectivity index is 1.64. The molecule has 0 radical (unpaired) electrons. The lowest BCUT2D eigenvalue weighted by Gasteiger charge is -2.10. The molecule has 0 fully saturated rings. The zero-order chi connectivity index (χ0) is 22.2. The normalized spacial score (nSPS) is 10.3. The van der Waals surface area contributed by atoms with Gasteiger partial charge in [-0.05, 0) is 30.3 Å². The first kappa shape index (κ1) is 22.2. The molecular weight excluding hydrogens is 418 g/mol. The maximum Gasteiger partial charge on any atom is 0.234 e. The van der Waals surface area contributed by atoms with Gasteiger partial charge in [-0.25, -0.2) is 0 Å². The second-order valence-corrected chi connectivity index (χ2v) is 7.26. The standard InChI is InChI=1S/C22H23N3O5S/c1-27-15-5-7-20(30-4)18(12-15)19-6-8-22(25-24-19)31-13-21(26)23-14-9-16(28-2)11-17(10-14)29-3/h5-12H,13H2,1-4H3,(H,23,26). The van der Waals surface area contributed by atoms with Gasteiger partial charge in [0.05, 0.1) is 39.9 Å². The molecule has 0 atom stereocenters. The van der Waals surface area contributed by atoms with E-state index in [0.29, 0.717) is 39.4 Å². The van der Waals surface area contributed by atoms with Crippen molar-refractivity contribution in [3.63, 3.8) is 0 Å². The number of rotatable bonds is 9. The highest BCUT2D eigenvalue weighted by Gasteiger charge is 2.11. The van der Waals surface area contributed by atoms with E-state index in [-0.39, 0.29) is 11.7 Å². The maximum atomic E-state index is 12.3. The zero-order valence-corrected chi connectivity index (χ0v) is 18.5. The van der Waals surface area contributed by atoms with Crippen LogP contribution in [0.2, 0.25) is 0 Å². The number of carbonyl (C=O) groups excluding carboxylic acids is 1. The molecule has 162 valence electrons. The van der Waals surface area contributed by atoms with Gasteiger partial charge < -0.3 is 24.3 Å². The first-order chi connectivity index (χ1) is 15.1. The number of methoxy groups -OCH3 is 4. The summed E-state index contributed by atoms with van der Waals surface area (Å²) in [6, 6.07) is 14.3. The molecule has 31 heavy (non-hydrogen) atoms. The van der Waals surface area contributed by atoms with Crippen molar-refractivity contribution < 1.29 is 23.7 Å². The molecule has 0 aliphatic heterocycles. The Hall–Kier alpha value is -3.46. The molecule has 0 aliphatic carbocycles. The van der Waals surface area contributed by atoms with Crippen LogP contribution in [0.5, 0.6) is 23.0 Å². The number of nitrogens with one attached hydrogen (secondary N) is 1. The molecule has 1 amide bonds. The summed E-state index contributed by atoms with van der Waals surface area (Å²) in [5.41, 5.74) is 2.01. The van der Waals surface area contributed by atoms with E-state index >= 15 is 0 Å². The smallest absolute Gasteiger partial charge is 0.234 e. The molecule has 3 aromatic rings. The van der Waals surface area contributed by atoms with E-state index in [1.54, 1.807) is 46.6 Å². The lowest BCUT2D eigenvalue weighted by molar-refractivity contribution is -0.113. The number of carbonyl (C=O) groups is 1. The lowest BCUT2D eigenvalue weighted by atomic mass is 10.1. The van der Waals surface area contributed by atoms with Gasteiger partial charge in [0.25, 0.3) is 0 Å². The monoisotopic (exact) mass is 441 g/mol. The van der Waals surface area contributed by atoms with Crippen LogP contribution >= 0.6 is 11.8 Å². The van der Waals surface area contributed by atoms with Gasteiger partial charge in [0.1, 0.15) is 28.0 Å². The van der Waals surface area contributed by atoms with Crippen LogP contribution in [0.1, 0.15) is 0 Å². The highest BCUT2D eigenvalue weighted by molar-refractivity contribution is 7.99. The number of benzene rings is 2. The third-order valence-corrected chi connectivity index (χ3v) is 5.23. The highest BCUT2D eigenvalue weighted by atomic mass is 32.2. The number of thioether (sulfide) groups is 1. The first-order valence-corrected chi connectivity index (χ1v) is 10.3. The fourth-order valence-corrected chi connectivity index (χ4v) is 3.39. The van der Waals surface area contributed by atoms with Gasteiger partial charge in [0.2, 0.25) is 5.91 Å². The number of ether oxygens (including phenoxy) is 4. The van der Waals surface area contributed by atoms with Crippen LogP contribution in [-0.2, 0) is 4.79 Å². The van der Waals surface area contributed by atoms with E-state index in [1.165, 1.54) is 11.8 Å². The van der Waals surface area contributed by atoms with Crippen LogP contribution in [0.25, 0.3) is 11.3 Å². The minimum Gasteiger partial charge on any atom is -0.497 e. The summed E-state index contributed by atoms with van der Waals surface area (Å²) in [5, 5.41) is 11.9. The summed E-state index contributed by atoms with van der Waals surface area (Å²) in [5.74, 6) is 2.55. The van der Waals surface area contributed by atoms with Crippen molar-refractivity contribution in [1.29, 1.82) is 0 Å². The van der Waals surface area contributed by atoms with Crippen LogP contribution in [0.3, 0.4) is 0 Å². The average molecular weight is 442 g/mol. The quantitative estimate of drug-likeness (QED) is 0.500. The predicted molar refractivity (Wildman–Crippen MR) is 119 cm³/mol. The summed E-state index contributed by atoms with van der Waals surface area (Å²) in [7, 11) is 6.31.